The zero-order valence-corrected chi connectivity index (χ0v) is 21.6. The molecule has 0 spiro atoms. The van der Waals surface area contributed by atoms with Crippen molar-refractivity contribution in [3.05, 3.63) is 84.2 Å². The quantitative estimate of drug-likeness (QED) is 0.386. The van der Waals surface area contributed by atoms with Crippen molar-refractivity contribution < 1.29 is 14.3 Å². The molecule has 0 radical (unpaired) electrons. The maximum absolute atomic E-state index is 14.3. The first-order valence-electron chi connectivity index (χ1n) is 12.9. The number of pyridine rings is 1. The fourth-order valence-corrected chi connectivity index (χ4v) is 5.95. The first kappa shape index (κ1) is 24.4. The number of aromatic nitrogens is 3. The molecule has 9 heteroatoms. The number of hydrogen-bond donors (Lipinski definition) is 1. The Morgan fingerprint density at radius 1 is 1.16 bits per heavy atom. The summed E-state index contributed by atoms with van der Waals surface area (Å²) in [6.45, 7) is 1.67. The van der Waals surface area contributed by atoms with Crippen molar-refractivity contribution in [1.29, 1.82) is 0 Å². The van der Waals surface area contributed by atoms with Crippen molar-refractivity contribution in [3.63, 3.8) is 0 Å². The molecule has 1 fully saturated rings. The highest BCUT2D eigenvalue weighted by atomic mass is 35.5. The van der Waals surface area contributed by atoms with Crippen LogP contribution in [0.2, 0.25) is 5.02 Å². The minimum absolute atomic E-state index is 0.0220. The summed E-state index contributed by atoms with van der Waals surface area (Å²) in [4.78, 5) is 38.6. The molecule has 2 aliphatic rings. The molecule has 2 unspecified atom stereocenters. The fourth-order valence-electron chi connectivity index (χ4n) is 5.78. The fraction of sp³-hybridized carbons (Fsp3) is 0.310. The van der Waals surface area contributed by atoms with E-state index < -0.39 is 5.41 Å². The molecule has 1 N–H and O–H groups in total. The zero-order chi connectivity index (χ0) is 26.1. The molecule has 0 bridgehead atoms. The van der Waals surface area contributed by atoms with Gasteiger partial charge in [-0.05, 0) is 31.0 Å². The Bertz CT molecular complexity index is 1490. The Labute approximate surface area is 225 Å². The summed E-state index contributed by atoms with van der Waals surface area (Å²) in [7, 11) is 0. The van der Waals surface area contributed by atoms with E-state index in [0.29, 0.717) is 48.1 Å². The zero-order valence-electron chi connectivity index (χ0n) is 20.8. The van der Waals surface area contributed by atoms with Crippen molar-refractivity contribution in [2.75, 3.05) is 18.5 Å². The Morgan fingerprint density at radius 3 is 2.92 bits per heavy atom. The molecule has 4 heterocycles. The number of nitrogens with zero attached hydrogens (tertiary/aromatic N) is 4. The Kier molecular flexibility index (Phi) is 6.49. The van der Waals surface area contributed by atoms with E-state index in [1.165, 1.54) is 0 Å². The maximum atomic E-state index is 14.3. The standard InChI is InChI=1S/C29H28ClN5O3/c30-21-7-8-26-24(14-21)29(9-13-38-26,28(37)33-25-17-32-16-20-4-1-2-6-23(20)25)15-27(36)35-11-3-5-22(35)18-34-12-10-31-19-34/h1-2,4,6-8,10,12,14,16-17,19,22H,3,5,9,11,13,15,18H2,(H,33,37). The van der Waals surface area contributed by atoms with Gasteiger partial charge < -0.3 is 19.5 Å². The number of hydrogen-bond acceptors (Lipinski definition) is 5. The lowest BCUT2D eigenvalue weighted by Gasteiger charge is -2.39. The molecule has 38 heavy (non-hydrogen) atoms. The van der Waals surface area contributed by atoms with Crippen LogP contribution in [0.3, 0.4) is 0 Å². The predicted octanol–water partition coefficient (Wildman–Crippen LogP) is 4.83. The minimum atomic E-state index is -1.14. The summed E-state index contributed by atoms with van der Waals surface area (Å²) in [5.41, 5.74) is 0.101. The summed E-state index contributed by atoms with van der Waals surface area (Å²) in [6.07, 6.45) is 11.1. The second-order valence-corrected chi connectivity index (χ2v) is 10.4. The van der Waals surface area contributed by atoms with Crippen LogP contribution in [-0.4, -0.2) is 50.4 Å². The van der Waals surface area contributed by atoms with E-state index in [0.717, 1.165) is 23.6 Å². The molecule has 8 nitrogen and oxygen atoms in total. The van der Waals surface area contributed by atoms with Gasteiger partial charge in [0.1, 0.15) is 5.75 Å². The third kappa shape index (κ3) is 4.49. The lowest BCUT2D eigenvalue weighted by atomic mass is 9.72. The van der Waals surface area contributed by atoms with Crippen LogP contribution in [0.15, 0.2) is 73.6 Å². The molecule has 1 saturated heterocycles. The molecule has 194 valence electrons. The van der Waals surface area contributed by atoms with Crippen LogP contribution >= 0.6 is 11.6 Å². The summed E-state index contributed by atoms with van der Waals surface area (Å²) in [5.74, 6) is 0.267. The molecule has 2 amide bonds. The Morgan fingerprint density at radius 2 is 2.05 bits per heavy atom. The van der Waals surface area contributed by atoms with Gasteiger partial charge in [0.15, 0.2) is 0 Å². The lowest BCUT2D eigenvalue weighted by molar-refractivity contribution is -0.137. The van der Waals surface area contributed by atoms with E-state index in [4.69, 9.17) is 16.3 Å². The summed E-state index contributed by atoms with van der Waals surface area (Å²) < 4.78 is 7.91. The van der Waals surface area contributed by atoms with Gasteiger partial charge in [0.05, 0.1) is 30.2 Å². The highest BCUT2D eigenvalue weighted by molar-refractivity contribution is 6.30. The van der Waals surface area contributed by atoms with Crippen LogP contribution < -0.4 is 10.1 Å². The second-order valence-electron chi connectivity index (χ2n) is 10.0. The van der Waals surface area contributed by atoms with Gasteiger partial charge in [0.2, 0.25) is 11.8 Å². The van der Waals surface area contributed by atoms with E-state index in [-0.39, 0.29) is 24.3 Å². The van der Waals surface area contributed by atoms with Gasteiger partial charge in [-0.3, -0.25) is 14.6 Å². The van der Waals surface area contributed by atoms with Crippen molar-refractivity contribution in [3.8, 4) is 5.75 Å². The molecule has 0 saturated carbocycles. The number of likely N-dealkylation sites (tertiary alicyclic amines) is 1. The smallest absolute Gasteiger partial charge is 0.235 e. The average Bonchev–Trinajstić information content (AvgIpc) is 3.62. The molecular weight excluding hydrogens is 502 g/mol. The topological polar surface area (TPSA) is 89.4 Å². The Balaban J connectivity index is 1.35. The molecule has 2 aromatic heterocycles. The monoisotopic (exact) mass is 529 g/mol. The highest BCUT2D eigenvalue weighted by Crippen LogP contribution is 2.44. The number of fused-ring (bicyclic) bond motifs is 2. The number of carbonyl (C=O) groups is 2. The number of anilines is 1. The highest BCUT2D eigenvalue weighted by Gasteiger charge is 2.48. The van der Waals surface area contributed by atoms with Crippen LogP contribution in [-0.2, 0) is 21.5 Å². The van der Waals surface area contributed by atoms with Gasteiger partial charge in [0.25, 0.3) is 0 Å². The number of imidazole rings is 1. The molecule has 6 rings (SSSR count). The van der Waals surface area contributed by atoms with Crippen molar-refractivity contribution >= 4 is 39.9 Å². The van der Waals surface area contributed by atoms with Gasteiger partial charge in [-0.25, -0.2) is 4.98 Å². The minimum Gasteiger partial charge on any atom is -0.493 e. The van der Waals surface area contributed by atoms with E-state index in [1.807, 2.05) is 39.9 Å². The van der Waals surface area contributed by atoms with Crippen LogP contribution in [0.5, 0.6) is 5.75 Å². The van der Waals surface area contributed by atoms with E-state index in [9.17, 15) is 9.59 Å². The third-order valence-corrected chi connectivity index (χ3v) is 7.96. The summed E-state index contributed by atoms with van der Waals surface area (Å²) in [6, 6.07) is 13.1. The number of carbonyl (C=O) groups excluding carboxylic acids is 2. The Hall–Kier alpha value is -3.91. The number of nitrogens with one attached hydrogen (secondary N) is 1. The van der Waals surface area contributed by atoms with Crippen molar-refractivity contribution in [1.82, 2.24) is 19.4 Å². The van der Waals surface area contributed by atoms with Crippen LogP contribution in [0.25, 0.3) is 10.8 Å². The predicted molar refractivity (Wildman–Crippen MR) is 145 cm³/mol. The number of rotatable bonds is 6. The maximum Gasteiger partial charge on any atom is 0.235 e. The number of halogens is 1. The van der Waals surface area contributed by atoms with Crippen LogP contribution in [0.4, 0.5) is 5.69 Å². The number of benzene rings is 2. The van der Waals surface area contributed by atoms with Gasteiger partial charge in [-0.15, -0.1) is 0 Å². The van der Waals surface area contributed by atoms with Gasteiger partial charge in [-0.2, -0.15) is 0 Å². The average molecular weight is 530 g/mol. The molecule has 2 aromatic carbocycles. The van der Waals surface area contributed by atoms with Gasteiger partial charge in [0, 0.05) is 71.9 Å². The third-order valence-electron chi connectivity index (χ3n) is 7.73. The van der Waals surface area contributed by atoms with Crippen molar-refractivity contribution in [2.45, 2.75) is 43.7 Å². The normalized spacial score (nSPS) is 20.7. The molecule has 2 atom stereocenters. The number of ether oxygens (including phenoxy) is 1. The summed E-state index contributed by atoms with van der Waals surface area (Å²) >= 11 is 6.41. The lowest BCUT2D eigenvalue weighted by Crippen LogP contribution is -2.49. The second kappa shape index (κ2) is 10.1. The van der Waals surface area contributed by atoms with E-state index >= 15 is 0 Å². The van der Waals surface area contributed by atoms with Gasteiger partial charge >= 0.3 is 0 Å². The first-order valence-corrected chi connectivity index (χ1v) is 13.2. The van der Waals surface area contributed by atoms with E-state index in [2.05, 4.69) is 15.3 Å². The first-order chi connectivity index (χ1) is 18.5. The van der Waals surface area contributed by atoms with Crippen LogP contribution in [0.1, 0.15) is 31.2 Å². The van der Waals surface area contributed by atoms with Gasteiger partial charge in [-0.1, -0.05) is 35.9 Å². The SMILES string of the molecule is O=C(CC1(C(=O)Nc2cncc3ccccc23)CCOc2ccc(Cl)cc21)N1CCCC1Cn1ccnc1. The van der Waals surface area contributed by atoms with Crippen LogP contribution in [0, 0.1) is 0 Å². The largest absolute Gasteiger partial charge is 0.493 e. The molecule has 0 aliphatic carbocycles. The summed E-state index contributed by atoms with van der Waals surface area (Å²) in [5, 5.41) is 5.41. The molecule has 2 aliphatic heterocycles. The molecule has 4 aromatic rings. The number of amides is 2. The molecular formula is C29H28ClN5O3. The van der Waals surface area contributed by atoms with Crippen molar-refractivity contribution in [2.24, 2.45) is 0 Å². The van der Waals surface area contributed by atoms with E-state index in [1.54, 1.807) is 43.1 Å².